The lowest BCUT2D eigenvalue weighted by Gasteiger charge is -2.43. The third-order valence-electron chi connectivity index (χ3n) is 4.37. The maximum atomic E-state index is 4.35. The number of hydrogen-bond acceptors (Lipinski definition) is 4. The first kappa shape index (κ1) is 13.9. The van der Waals surface area contributed by atoms with Gasteiger partial charge in [0.25, 0.3) is 0 Å². The van der Waals surface area contributed by atoms with Gasteiger partial charge in [-0.3, -0.25) is 4.40 Å². The summed E-state index contributed by atoms with van der Waals surface area (Å²) in [4.78, 5) is 0. The maximum Gasteiger partial charge on any atom is 0.195 e. The molecule has 2 aromatic rings. The summed E-state index contributed by atoms with van der Waals surface area (Å²) >= 11 is 1.86. The summed E-state index contributed by atoms with van der Waals surface area (Å²) in [5.41, 5.74) is 1.26. The Hall–Kier alpha value is -1.07. The molecule has 1 aliphatic carbocycles. The third-order valence-corrected chi connectivity index (χ3v) is 5.67. The minimum atomic E-state index is 0.338. The van der Waals surface area contributed by atoms with Crippen LogP contribution in [0.2, 0.25) is 0 Å². The number of fused-ring (bicyclic) bond motifs is 1. The average molecular weight is 290 g/mol. The van der Waals surface area contributed by atoms with Crippen LogP contribution < -0.4 is 5.32 Å². The van der Waals surface area contributed by atoms with Gasteiger partial charge in [-0.15, -0.1) is 10.2 Å². The van der Waals surface area contributed by atoms with Crippen molar-refractivity contribution in [2.75, 3.05) is 7.05 Å². The van der Waals surface area contributed by atoms with Gasteiger partial charge in [0.15, 0.2) is 10.8 Å². The minimum absolute atomic E-state index is 0.338. The van der Waals surface area contributed by atoms with E-state index in [2.05, 4.69) is 40.8 Å². The van der Waals surface area contributed by atoms with Gasteiger partial charge in [0, 0.05) is 17.5 Å². The highest BCUT2D eigenvalue weighted by Crippen LogP contribution is 2.42. The van der Waals surface area contributed by atoms with E-state index in [4.69, 9.17) is 0 Å². The SMILES string of the molecule is CNC1C(Sc2nnc3ccccn23)CCCC1(C)C. The molecule has 1 N–H and O–H groups in total. The summed E-state index contributed by atoms with van der Waals surface area (Å²) in [6.45, 7) is 4.73. The number of thioether (sulfide) groups is 1. The van der Waals surface area contributed by atoms with Crippen molar-refractivity contribution in [3.8, 4) is 0 Å². The molecule has 1 saturated carbocycles. The Morgan fingerprint density at radius 3 is 3.00 bits per heavy atom. The molecule has 1 aliphatic rings. The molecule has 0 aliphatic heterocycles. The van der Waals surface area contributed by atoms with E-state index in [0.717, 1.165) is 10.8 Å². The Bertz CT molecular complexity index is 592. The number of aromatic nitrogens is 3. The summed E-state index contributed by atoms with van der Waals surface area (Å²) in [5.74, 6) is 0. The van der Waals surface area contributed by atoms with Crippen LogP contribution in [0, 0.1) is 5.41 Å². The summed E-state index contributed by atoms with van der Waals surface area (Å²) < 4.78 is 2.08. The van der Waals surface area contributed by atoms with Gasteiger partial charge >= 0.3 is 0 Å². The van der Waals surface area contributed by atoms with Crippen LogP contribution in [0.15, 0.2) is 29.6 Å². The topological polar surface area (TPSA) is 42.2 Å². The second-order valence-electron chi connectivity index (χ2n) is 6.21. The van der Waals surface area contributed by atoms with Crippen LogP contribution in [0.4, 0.5) is 0 Å². The molecular weight excluding hydrogens is 268 g/mol. The lowest BCUT2D eigenvalue weighted by atomic mass is 9.73. The van der Waals surface area contributed by atoms with Crippen LogP contribution in [0.3, 0.4) is 0 Å². The van der Waals surface area contributed by atoms with E-state index in [1.54, 1.807) is 0 Å². The summed E-state index contributed by atoms with van der Waals surface area (Å²) in [7, 11) is 2.08. The molecule has 0 aromatic carbocycles. The van der Waals surface area contributed by atoms with E-state index >= 15 is 0 Å². The standard InChI is InChI=1S/C15H22N4S/c1-15(2)9-6-7-11(13(15)16-3)20-14-18-17-12-8-4-5-10-19(12)14/h4-5,8,10-11,13,16H,6-7,9H2,1-3H3. The van der Waals surface area contributed by atoms with Gasteiger partial charge in [0.2, 0.25) is 0 Å². The second-order valence-corrected chi connectivity index (χ2v) is 7.42. The molecule has 2 heterocycles. The fraction of sp³-hybridized carbons (Fsp3) is 0.600. The van der Waals surface area contributed by atoms with Gasteiger partial charge in [-0.1, -0.05) is 38.1 Å². The maximum absolute atomic E-state index is 4.35. The smallest absolute Gasteiger partial charge is 0.195 e. The predicted molar refractivity (Wildman–Crippen MR) is 83.1 cm³/mol. The first-order valence-corrected chi connectivity index (χ1v) is 8.13. The molecule has 2 atom stereocenters. The van der Waals surface area contributed by atoms with E-state index in [9.17, 15) is 0 Å². The summed E-state index contributed by atoms with van der Waals surface area (Å²) in [6.07, 6.45) is 5.86. The molecule has 4 nitrogen and oxygen atoms in total. The normalized spacial score (nSPS) is 25.9. The number of rotatable bonds is 3. The van der Waals surface area contributed by atoms with Crippen LogP contribution in [-0.2, 0) is 0 Å². The molecule has 0 bridgehead atoms. The third kappa shape index (κ3) is 2.44. The monoisotopic (exact) mass is 290 g/mol. The van der Waals surface area contributed by atoms with Crippen LogP contribution in [0.5, 0.6) is 0 Å². The zero-order valence-corrected chi connectivity index (χ0v) is 13.2. The lowest BCUT2D eigenvalue weighted by molar-refractivity contribution is 0.182. The molecule has 0 saturated heterocycles. The number of hydrogen-bond donors (Lipinski definition) is 1. The van der Waals surface area contributed by atoms with Gasteiger partial charge in [0.1, 0.15) is 0 Å². The van der Waals surface area contributed by atoms with Crippen LogP contribution in [0.25, 0.3) is 5.65 Å². The quantitative estimate of drug-likeness (QED) is 0.943. The van der Waals surface area contributed by atoms with Gasteiger partial charge in [-0.05, 0) is 37.4 Å². The summed E-state index contributed by atoms with van der Waals surface area (Å²) in [6, 6.07) is 6.54. The van der Waals surface area contributed by atoms with Crippen molar-refractivity contribution in [1.29, 1.82) is 0 Å². The highest BCUT2D eigenvalue weighted by atomic mass is 32.2. The molecule has 108 valence electrons. The van der Waals surface area contributed by atoms with E-state index in [1.165, 1.54) is 19.3 Å². The van der Waals surface area contributed by atoms with Gasteiger partial charge in [0.05, 0.1) is 0 Å². The molecule has 1 fully saturated rings. The molecular formula is C15H22N4S. The molecule has 0 amide bonds. The Morgan fingerprint density at radius 2 is 2.20 bits per heavy atom. The van der Waals surface area contributed by atoms with Gasteiger partial charge < -0.3 is 5.32 Å². The number of nitrogens with zero attached hydrogens (tertiary/aromatic N) is 3. The predicted octanol–water partition coefficient (Wildman–Crippen LogP) is 2.99. The number of nitrogens with one attached hydrogen (secondary N) is 1. The van der Waals surface area contributed by atoms with Crippen molar-refractivity contribution < 1.29 is 0 Å². The highest BCUT2D eigenvalue weighted by Gasteiger charge is 2.39. The Labute approximate surface area is 124 Å². The zero-order valence-electron chi connectivity index (χ0n) is 12.3. The first-order valence-electron chi connectivity index (χ1n) is 7.25. The zero-order chi connectivity index (χ0) is 14.2. The molecule has 0 radical (unpaired) electrons. The van der Waals surface area contributed by atoms with Gasteiger partial charge in [-0.2, -0.15) is 0 Å². The average Bonchev–Trinajstić information content (AvgIpc) is 2.82. The Balaban J connectivity index is 1.86. The van der Waals surface area contributed by atoms with Crippen LogP contribution >= 0.6 is 11.8 Å². The van der Waals surface area contributed by atoms with Gasteiger partial charge in [-0.25, -0.2) is 0 Å². The molecule has 0 spiro atoms. The molecule has 2 unspecified atom stereocenters. The van der Waals surface area contributed by atoms with E-state index < -0.39 is 0 Å². The van der Waals surface area contributed by atoms with Crippen LogP contribution in [0.1, 0.15) is 33.1 Å². The Kier molecular flexibility index (Phi) is 3.73. The van der Waals surface area contributed by atoms with Crippen LogP contribution in [-0.4, -0.2) is 32.9 Å². The van der Waals surface area contributed by atoms with E-state index in [1.807, 2.05) is 36.2 Å². The lowest BCUT2D eigenvalue weighted by Crippen LogP contribution is -2.50. The fourth-order valence-corrected chi connectivity index (χ4v) is 4.87. The first-order chi connectivity index (χ1) is 9.62. The molecule has 2 aromatic heterocycles. The number of pyridine rings is 1. The summed E-state index contributed by atoms with van der Waals surface area (Å²) in [5, 5.41) is 13.7. The van der Waals surface area contributed by atoms with Crippen molar-refractivity contribution in [2.24, 2.45) is 5.41 Å². The van der Waals surface area contributed by atoms with Crippen molar-refractivity contribution in [3.05, 3.63) is 24.4 Å². The molecule has 20 heavy (non-hydrogen) atoms. The second kappa shape index (κ2) is 5.37. The van der Waals surface area contributed by atoms with Crippen molar-refractivity contribution in [2.45, 2.75) is 49.6 Å². The molecule has 3 rings (SSSR count). The van der Waals surface area contributed by atoms with Crippen molar-refractivity contribution in [1.82, 2.24) is 19.9 Å². The Morgan fingerprint density at radius 1 is 1.35 bits per heavy atom. The van der Waals surface area contributed by atoms with Crippen molar-refractivity contribution in [3.63, 3.8) is 0 Å². The molecule has 5 heteroatoms. The van der Waals surface area contributed by atoms with Crippen molar-refractivity contribution >= 4 is 17.4 Å². The highest BCUT2D eigenvalue weighted by molar-refractivity contribution is 7.99. The minimum Gasteiger partial charge on any atom is -0.315 e. The van der Waals surface area contributed by atoms with E-state index in [-0.39, 0.29) is 0 Å². The van der Waals surface area contributed by atoms with E-state index in [0.29, 0.717) is 16.7 Å². The largest absolute Gasteiger partial charge is 0.315 e. The fourth-order valence-electron chi connectivity index (χ4n) is 3.32.